The van der Waals surface area contributed by atoms with E-state index in [1.807, 2.05) is 6.92 Å². The highest BCUT2D eigenvalue weighted by Gasteiger charge is 2.47. The zero-order valence-corrected chi connectivity index (χ0v) is 23.5. The number of rotatable bonds is 10. The number of hydrogen-bond acceptors (Lipinski definition) is 5. The zero-order chi connectivity index (χ0) is 26.2. The van der Waals surface area contributed by atoms with Crippen LogP contribution in [-0.4, -0.2) is 32.3 Å². The van der Waals surface area contributed by atoms with Gasteiger partial charge in [-0.3, -0.25) is 4.55 Å². The molecule has 1 aromatic carbocycles. The highest BCUT2D eigenvalue weighted by atomic mass is 32.2. The molecule has 0 saturated heterocycles. The molecular formula is C26H46O6S. The first-order valence-electron chi connectivity index (χ1n) is 11.7. The zero-order valence-electron chi connectivity index (χ0n) is 22.7. The Morgan fingerprint density at radius 2 is 1.39 bits per heavy atom. The van der Waals surface area contributed by atoms with E-state index in [-0.39, 0.29) is 33.7 Å². The fraction of sp³-hybridized carbons (Fsp3) is 0.769. The van der Waals surface area contributed by atoms with Crippen LogP contribution in [0.4, 0.5) is 0 Å². The van der Waals surface area contributed by atoms with Crippen LogP contribution in [0.3, 0.4) is 0 Å². The second-order valence-electron chi connectivity index (χ2n) is 12.2. The smallest absolute Gasteiger partial charge is 0.302 e. The van der Waals surface area contributed by atoms with Crippen molar-refractivity contribution in [1.29, 1.82) is 0 Å². The van der Waals surface area contributed by atoms with Crippen LogP contribution in [-0.2, 0) is 16.5 Å². The second kappa shape index (κ2) is 10.0. The van der Waals surface area contributed by atoms with Crippen LogP contribution in [0.2, 0.25) is 0 Å². The molecule has 7 heteroatoms. The van der Waals surface area contributed by atoms with Gasteiger partial charge in [0, 0.05) is 11.1 Å². The van der Waals surface area contributed by atoms with Gasteiger partial charge in [0.15, 0.2) is 16.4 Å². The first-order valence-corrected chi connectivity index (χ1v) is 13.2. The maximum absolute atomic E-state index is 12.2. The number of phenols is 1. The van der Waals surface area contributed by atoms with Gasteiger partial charge in [0.2, 0.25) is 0 Å². The van der Waals surface area contributed by atoms with E-state index in [2.05, 4.69) is 62.3 Å². The molecule has 33 heavy (non-hydrogen) atoms. The molecule has 0 aliphatic heterocycles. The summed E-state index contributed by atoms with van der Waals surface area (Å²) < 4.78 is 45.6. The Labute approximate surface area is 201 Å². The number of ether oxygens (including phenoxy) is 2. The van der Waals surface area contributed by atoms with Crippen molar-refractivity contribution >= 4 is 10.1 Å². The van der Waals surface area contributed by atoms with E-state index in [0.717, 1.165) is 18.4 Å². The van der Waals surface area contributed by atoms with Crippen molar-refractivity contribution < 1.29 is 27.6 Å². The third kappa shape index (κ3) is 6.56. The maximum Gasteiger partial charge on any atom is 0.302 e. The summed E-state index contributed by atoms with van der Waals surface area (Å²) in [6.07, 6.45) is 2.25. The molecule has 0 radical (unpaired) electrons. The first kappa shape index (κ1) is 29.6. The van der Waals surface area contributed by atoms with Gasteiger partial charge in [-0.1, -0.05) is 69.2 Å². The van der Waals surface area contributed by atoms with Crippen molar-refractivity contribution in [3.63, 3.8) is 0 Å². The van der Waals surface area contributed by atoms with Crippen LogP contribution in [0.1, 0.15) is 99.1 Å². The van der Waals surface area contributed by atoms with Gasteiger partial charge in [-0.25, -0.2) is 0 Å². The minimum absolute atomic E-state index is 0.0230. The molecule has 0 spiro atoms. The molecule has 0 amide bonds. The number of aromatic hydroxyl groups is 1. The predicted molar refractivity (Wildman–Crippen MR) is 134 cm³/mol. The molecule has 0 fully saturated rings. The molecular weight excluding hydrogens is 440 g/mol. The van der Waals surface area contributed by atoms with Crippen LogP contribution in [0.25, 0.3) is 0 Å². The van der Waals surface area contributed by atoms with Gasteiger partial charge in [0.25, 0.3) is 0 Å². The molecule has 192 valence electrons. The first-order chi connectivity index (χ1) is 14.7. The van der Waals surface area contributed by atoms with Gasteiger partial charge in [0.1, 0.15) is 5.75 Å². The van der Waals surface area contributed by atoms with Gasteiger partial charge in [0.05, 0.1) is 14.2 Å². The number of benzene rings is 1. The summed E-state index contributed by atoms with van der Waals surface area (Å²) >= 11 is 0. The van der Waals surface area contributed by atoms with Crippen molar-refractivity contribution in [3.05, 3.63) is 11.1 Å². The molecule has 1 rings (SSSR count). The van der Waals surface area contributed by atoms with Crippen LogP contribution in [0.5, 0.6) is 17.2 Å². The largest absolute Gasteiger partial charge is 0.503 e. The Bertz CT molecular complexity index is 937. The molecule has 1 aromatic rings. The molecule has 2 N–H and O–H groups in total. The van der Waals surface area contributed by atoms with Crippen molar-refractivity contribution in [3.8, 4) is 17.2 Å². The Morgan fingerprint density at radius 1 is 0.909 bits per heavy atom. The molecule has 1 unspecified atom stereocenters. The molecule has 1 atom stereocenters. The quantitative estimate of drug-likeness (QED) is 0.352. The van der Waals surface area contributed by atoms with E-state index < -0.39 is 20.8 Å². The Hall–Kier alpha value is -1.47. The number of phenolic OH excluding ortho intramolecular Hbond substituents is 1. The van der Waals surface area contributed by atoms with Crippen molar-refractivity contribution in [2.75, 3.05) is 14.2 Å². The van der Waals surface area contributed by atoms with E-state index in [1.54, 1.807) is 0 Å². The standard InChI is InChI=1S/C26H46O6S/c1-13-17-18(21(32-12)19(27)22(20(17)31-11)33(28,29)30)23(25(7,8)14-16(2)3)26(9,10)15-24(4,5)6/h16,23,27H,13-15H2,1-12H3,(H,28,29,30). The summed E-state index contributed by atoms with van der Waals surface area (Å²) in [5.41, 5.74) is 0.947. The Kier molecular flexibility index (Phi) is 8.98. The molecule has 6 nitrogen and oxygen atoms in total. The van der Waals surface area contributed by atoms with Crippen molar-refractivity contribution in [2.45, 2.75) is 99.3 Å². The highest BCUT2D eigenvalue weighted by Crippen LogP contribution is 2.60. The minimum Gasteiger partial charge on any atom is -0.503 e. The van der Waals surface area contributed by atoms with Crippen LogP contribution >= 0.6 is 0 Å². The van der Waals surface area contributed by atoms with E-state index in [0.29, 0.717) is 17.9 Å². The Morgan fingerprint density at radius 3 is 1.73 bits per heavy atom. The van der Waals surface area contributed by atoms with Crippen LogP contribution in [0, 0.1) is 22.2 Å². The normalized spacial score (nSPS) is 14.5. The predicted octanol–water partition coefficient (Wildman–Crippen LogP) is 6.84. The lowest BCUT2D eigenvalue weighted by molar-refractivity contribution is 0.0762. The summed E-state index contributed by atoms with van der Waals surface area (Å²) in [4.78, 5) is -0.642. The van der Waals surface area contributed by atoms with Crippen molar-refractivity contribution in [2.24, 2.45) is 22.2 Å². The van der Waals surface area contributed by atoms with Gasteiger partial charge in [-0.15, -0.1) is 0 Å². The molecule has 0 aliphatic carbocycles. The van der Waals surface area contributed by atoms with Gasteiger partial charge in [-0.2, -0.15) is 8.42 Å². The van der Waals surface area contributed by atoms with Gasteiger partial charge >= 0.3 is 10.1 Å². The lowest BCUT2D eigenvalue weighted by Crippen LogP contribution is -2.38. The van der Waals surface area contributed by atoms with E-state index in [9.17, 15) is 18.1 Å². The Balaban J connectivity index is 4.28. The SMILES string of the molecule is CCc1c(OC)c(S(=O)(=O)O)c(O)c(OC)c1C(C(C)(C)CC(C)C)C(C)(C)CC(C)(C)C. The second-order valence-corrected chi connectivity index (χ2v) is 13.6. The third-order valence-electron chi connectivity index (χ3n) is 6.27. The average Bonchev–Trinajstić information content (AvgIpc) is 2.56. The number of hydrogen-bond donors (Lipinski definition) is 2. The number of methoxy groups -OCH3 is 2. The minimum atomic E-state index is -4.76. The monoisotopic (exact) mass is 486 g/mol. The maximum atomic E-state index is 12.2. The molecule has 0 aromatic heterocycles. The summed E-state index contributed by atoms with van der Waals surface area (Å²) in [6.45, 7) is 21.8. The van der Waals surface area contributed by atoms with E-state index >= 15 is 0 Å². The van der Waals surface area contributed by atoms with E-state index in [1.165, 1.54) is 14.2 Å². The summed E-state index contributed by atoms with van der Waals surface area (Å²) in [7, 11) is -1.98. The molecule has 0 aliphatic rings. The summed E-state index contributed by atoms with van der Waals surface area (Å²) in [5, 5.41) is 11.1. The third-order valence-corrected chi connectivity index (χ3v) is 7.17. The average molecular weight is 487 g/mol. The van der Waals surface area contributed by atoms with E-state index in [4.69, 9.17) is 9.47 Å². The fourth-order valence-electron chi connectivity index (χ4n) is 6.53. The van der Waals surface area contributed by atoms with Crippen molar-refractivity contribution in [1.82, 2.24) is 0 Å². The summed E-state index contributed by atoms with van der Waals surface area (Å²) in [6, 6.07) is 0. The lowest BCUT2D eigenvalue weighted by atomic mass is 9.55. The highest BCUT2D eigenvalue weighted by molar-refractivity contribution is 7.86. The van der Waals surface area contributed by atoms with Crippen LogP contribution < -0.4 is 9.47 Å². The molecule has 0 saturated carbocycles. The summed E-state index contributed by atoms with van der Waals surface area (Å²) in [5.74, 6) is -0.224. The van der Waals surface area contributed by atoms with Gasteiger partial charge < -0.3 is 14.6 Å². The fourth-order valence-corrected chi connectivity index (χ4v) is 7.31. The molecule has 0 heterocycles. The van der Waals surface area contributed by atoms with Gasteiger partial charge in [-0.05, 0) is 47.3 Å². The molecule has 0 bridgehead atoms. The topological polar surface area (TPSA) is 93.1 Å². The lowest BCUT2D eigenvalue weighted by Gasteiger charge is -2.49. The van der Waals surface area contributed by atoms with Crippen LogP contribution in [0.15, 0.2) is 4.90 Å².